The van der Waals surface area contributed by atoms with Gasteiger partial charge in [-0.1, -0.05) is 37.3 Å². The van der Waals surface area contributed by atoms with E-state index in [0.717, 1.165) is 4.90 Å². The number of nitrogens with zero attached hydrogens (tertiary/aromatic N) is 1. The van der Waals surface area contributed by atoms with Crippen LogP contribution in [0.4, 0.5) is 4.79 Å². The summed E-state index contributed by atoms with van der Waals surface area (Å²) in [6.45, 7) is 5.63. The average molecular weight is 391 g/mol. The van der Waals surface area contributed by atoms with Gasteiger partial charge in [-0.25, -0.2) is 9.69 Å². The normalized spacial score (nSPS) is 33.0. The van der Waals surface area contributed by atoms with Gasteiger partial charge in [0.05, 0.1) is 18.6 Å². The van der Waals surface area contributed by atoms with E-state index in [0.29, 0.717) is 12.0 Å². The second-order valence-corrected chi connectivity index (χ2v) is 7.79. The van der Waals surface area contributed by atoms with Crippen LogP contribution in [0.5, 0.6) is 0 Å². The van der Waals surface area contributed by atoms with Crippen molar-refractivity contribution in [2.45, 2.75) is 63.6 Å². The fourth-order valence-corrected chi connectivity index (χ4v) is 4.05. The van der Waals surface area contributed by atoms with Gasteiger partial charge in [0.25, 0.3) is 0 Å². The van der Waals surface area contributed by atoms with E-state index in [1.165, 1.54) is 0 Å². The first-order valence-electron chi connectivity index (χ1n) is 9.56. The molecule has 1 aromatic carbocycles. The van der Waals surface area contributed by atoms with Gasteiger partial charge in [-0.3, -0.25) is 4.79 Å². The molecule has 3 heterocycles. The molecule has 28 heavy (non-hydrogen) atoms. The van der Waals surface area contributed by atoms with E-state index >= 15 is 0 Å². The predicted octanol–water partition coefficient (Wildman–Crippen LogP) is 1.97. The minimum atomic E-state index is -1.03. The molecule has 6 atom stereocenters. The van der Waals surface area contributed by atoms with Crippen LogP contribution in [0.3, 0.4) is 0 Å². The first kappa shape index (κ1) is 19.3. The highest BCUT2D eigenvalue weighted by atomic mass is 16.8. The number of aliphatic hydroxyl groups excluding tert-OH is 1. The predicted molar refractivity (Wildman–Crippen MR) is 95.9 cm³/mol. The summed E-state index contributed by atoms with van der Waals surface area (Å²) < 4.78 is 22.8. The zero-order valence-electron chi connectivity index (χ0n) is 16.1. The van der Waals surface area contributed by atoms with E-state index < -0.39 is 54.3 Å². The zero-order valence-corrected chi connectivity index (χ0v) is 16.1. The lowest BCUT2D eigenvalue weighted by Crippen LogP contribution is -2.50. The molecule has 152 valence electrons. The minimum Gasteiger partial charge on any atom is -0.438 e. The van der Waals surface area contributed by atoms with Crippen molar-refractivity contribution in [2.75, 3.05) is 6.61 Å². The van der Waals surface area contributed by atoms with Gasteiger partial charge in [-0.2, -0.15) is 0 Å². The summed E-state index contributed by atoms with van der Waals surface area (Å²) >= 11 is 0. The number of imide groups is 1. The molecule has 3 aliphatic rings. The fraction of sp³-hybridized carbons (Fsp3) is 0.600. The number of hydrogen-bond donors (Lipinski definition) is 1. The number of benzene rings is 1. The number of carbonyl (C=O) groups excluding carboxylic acids is 2. The third kappa shape index (κ3) is 3.20. The van der Waals surface area contributed by atoms with Crippen molar-refractivity contribution in [3.63, 3.8) is 0 Å². The summed E-state index contributed by atoms with van der Waals surface area (Å²) in [6.07, 6.45) is -3.98. The molecule has 1 aromatic rings. The van der Waals surface area contributed by atoms with Gasteiger partial charge in [0.2, 0.25) is 5.91 Å². The lowest BCUT2D eigenvalue weighted by molar-refractivity contribution is -0.301. The van der Waals surface area contributed by atoms with Crippen molar-refractivity contribution in [2.24, 2.45) is 5.92 Å². The van der Waals surface area contributed by atoms with Crippen LogP contribution in [-0.4, -0.2) is 58.9 Å². The molecule has 2 amide bonds. The molecule has 8 nitrogen and oxygen atoms in total. The van der Waals surface area contributed by atoms with Crippen LogP contribution in [0.2, 0.25) is 0 Å². The van der Waals surface area contributed by atoms with Gasteiger partial charge in [0, 0.05) is 0 Å². The van der Waals surface area contributed by atoms with Crippen LogP contribution in [0.15, 0.2) is 30.3 Å². The van der Waals surface area contributed by atoms with Crippen molar-refractivity contribution < 1.29 is 33.6 Å². The number of amides is 2. The Balaban J connectivity index is 1.55. The van der Waals surface area contributed by atoms with Gasteiger partial charge < -0.3 is 24.1 Å². The Morgan fingerprint density at radius 2 is 2.00 bits per heavy atom. The first-order valence-corrected chi connectivity index (χ1v) is 9.56. The van der Waals surface area contributed by atoms with Crippen LogP contribution in [0.25, 0.3) is 0 Å². The maximum Gasteiger partial charge on any atom is 0.419 e. The number of ether oxygens (including phenoxy) is 4. The van der Waals surface area contributed by atoms with Gasteiger partial charge in [0.15, 0.2) is 18.1 Å². The van der Waals surface area contributed by atoms with Crippen LogP contribution in [-0.2, 0) is 23.7 Å². The van der Waals surface area contributed by atoms with E-state index in [1.54, 1.807) is 45.0 Å². The highest BCUT2D eigenvalue weighted by Crippen LogP contribution is 2.41. The Labute approximate surface area is 163 Å². The Morgan fingerprint density at radius 1 is 1.29 bits per heavy atom. The first-order chi connectivity index (χ1) is 13.3. The third-order valence-electron chi connectivity index (χ3n) is 5.51. The molecule has 0 radical (unpaired) electrons. The van der Waals surface area contributed by atoms with Crippen molar-refractivity contribution in [1.29, 1.82) is 0 Å². The Kier molecular flexibility index (Phi) is 4.91. The minimum absolute atomic E-state index is 0.286. The second-order valence-electron chi connectivity index (χ2n) is 7.79. The van der Waals surface area contributed by atoms with Gasteiger partial charge in [-0.15, -0.1) is 0 Å². The summed E-state index contributed by atoms with van der Waals surface area (Å²) in [4.78, 5) is 26.7. The number of carbonyl (C=O) groups is 2. The summed E-state index contributed by atoms with van der Waals surface area (Å²) in [5.41, 5.74) is 0.617. The summed E-state index contributed by atoms with van der Waals surface area (Å²) in [5.74, 6) is -2.14. The largest absolute Gasteiger partial charge is 0.438 e. The number of aliphatic hydroxyl groups is 1. The van der Waals surface area contributed by atoms with Crippen molar-refractivity contribution in [3.8, 4) is 0 Å². The number of rotatable bonds is 4. The molecule has 1 N–H and O–H groups in total. The van der Waals surface area contributed by atoms with E-state index in [9.17, 15) is 14.7 Å². The van der Waals surface area contributed by atoms with Gasteiger partial charge in [0.1, 0.15) is 12.2 Å². The summed E-state index contributed by atoms with van der Waals surface area (Å²) in [5, 5.41) is 10.7. The molecular weight excluding hydrogens is 366 g/mol. The summed E-state index contributed by atoms with van der Waals surface area (Å²) in [6, 6.07) is 8.91. The van der Waals surface area contributed by atoms with Crippen molar-refractivity contribution in [1.82, 2.24) is 4.90 Å². The smallest absolute Gasteiger partial charge is 0.419 e. The summed E-state index contributed by atoms with van der Waals surface area (Å²) in [7, 11) is 0. The molecule has 4 rings (SSSR count). The molecule has 0 saturated carbocycles. The van der Waals surface area contributed by atoms with E-state index in [1.807, 2.05) is 6.07 Å². The molecule has 0 aliphatic carbocycles. The zero-order chi connectivity index (χ0) is 20.1. The maximum absolute atomic E-state index is 13.2. The molecule has 0 unspecified atom stereocenters. The Hall–Kier alpha value is -2.00. The van der Waals surface area contributed by atoms with Gasteiger partial charge in [-0.05, 0) is 25.8 Å². The lowest BCUT2D eigenvalue weighted by atomic mass is 9.92. The molecule has 3 aliphatic heterocycles. The standard InChI is InChI=1S/C20H25NO7/c1-4-12(14(22)11-8-6-5-7-9-11)17(23)21-18-16(27-19(21)24)15-13(26-18)10-25-20(2,3)28-15/h5-9,12-16,18,22H,4,10H2,1-3H3/t12-,13-,14-,15+,16-,18+/m1/s1. The van der Waals surface area contributed by atoms with Gasteiger partial charge >= 0.3 is 6.09 Å². The highest BCUT2D eigenvalue weighted by Gasteiger charge is 2.61. The van der Waals surface area contributed by atoms with Crippen molar-refractivity contribution >= 4 is 12.0 Å². The quantitative estimate of drug-likeness (QED) is 0.838. The van der Waals surface area contributed by atoms with E-state index in [2.05, 4.69) is 0 Å². The Morgan fingerprint density at radius 3 is 2.68 bits per heavy atom. The van der Waals surface area contributed by atoms with E-state index in [4.69, 9.17) is 18.9 Å². The highest BCUT2D eigenvalue weighted by molar-refractivity contribution is 5.95. The SMILES string of the molecule is CC[C@@H](C(=O)N1C(=O)O[C@@H]2[C@H]3OC(C)(C)OC[C@H]3O[C@@H]21)[C@H](O)c1ccccc1. The second kappa shape index (κ2) is 7.11. The fourth-order valence-electron chi connectivity index (χ4n) is 4.05. The molecular formula is C20H25NO7. The molecule has 3 fully saturated rings. The average Bonchev–Trinajstić information content (AvgIpc) is 3.16. The Bertz CT molecular complexity index is 752. The molecule has 0 aromatic heterocycles. The van der Waals surface area contributed by atoms with Crippen LogP contribution in [0.1, 0.15) is 38.9 Å². The molecule has 8 heteroatoms. The molecule has 3 saturated heterocycles. The molecule has 0 bridgehead atoms. The monoisotopic (exact) mass is 391 g/mol. The third-order valence-corrected chi connectivity index (χ3v) is 5.51. The van der Waals surface area contributed by atoms with Crippen LogP contribution in [0, 0.1) is 5.92 Å². The van der Waals surface area contributed by atoms with Crippen molar-refractivity contribution in [3.05, 3.63) is 35.9 Å². The molecule has 0 spiro atoms. The lowest BCUT2D eigenvalue weighted by Gasteiger charge is -2.37. The van der Waals surface area contributed by atoms with Crippen LogP contribution < -0.4 is 0 Å². The maximum atomic E-state index is 13.2. The van der Waals surface area contributed by atoms with Crippen LogP contribution >= 0.6 is 0 Å². The number of hydrogen-bond acceptors (Lipinski definition) is 7. The van der Waals surface area contributed by atoms with E-state index in [-0.39, 0.29) is 6.61 Å². The number of fused-ring (bicyclic) bond motifs is 3. The topological polar surface area (TPSA) is 94.5 Å².